The number of anilines is 1. The molecule has 0 saturated carbocycles. The van der Waals surface area contributed by atoms with Gasteiger partial charge in [0.15, 0.2) is 5.82 Å². The average Bonchev–Trinajstić information content (AvgIpc) is 2.81. The Kier molecular flexibility index (Phi) is 2.85. The lowest BCUT2D eigenvalue weighted by Crippen LogP contribution is -2.21. The Labute approximate surface area is 110 Å². The SMILES string of the molecule is COc1ccc(-c2nnc3n2CC(F)CC3)cc1N. The van der Waals surface area contributed by atoms with E-state index in [1.165, 1.54) is 0 Å². The summed E-state index contributed by atoms with van der Waals surface area (Å²) in [6.45, 7) is 0.309. The molecular weight excluding hydrogens is 247 g/mol. The number of ether oxygens (including phenoxy) is 1. The topological polar surface area (TPSA) is 66.0 Å². The summed E-state index contributed by atoms with van der Waals surface area (Å²) in [5.41, 5.74) is 7.24. The highest BCUT2D eigenvalue weighted by atomic mass is 19.1. The van der Waals surface area contributed by atoms with Crippen LogP contribution in [-0.4, -0.2) is 28.0 Å². The molecule has 0 bridgehead atoms. The maximum atomic E-state index is 13.5. The Hall–Kier alpha value is -2.11. The van der Waals surface area contributed by atoms with Crippen molar-refractivity contribution in [2.75, 3.05) is 12.8 Å². The molecule has 1 aliphatic heterocycles. The zero-order valence-electron chi connectivity index (χ0n) is 10.6. The van der Waals surface area contributed by atoms with E-state index >= 15 is 0 Å². The standard InChI is InChI=1S/C13H15FN4O/c1-19-11-4-2-8(6-10(11)15)13-17-16-12-5-3-9(14)7-18(12)13/h2,4,6,9H,3,5,7,15H2,1H3. The lowest BCUT2D eigenvalue weighted by atomic mass is 10.1. The summed E-state index contributed by atoms with van der Waals surface area (Å²) in [7, 11) is 1.57. The summed E-state index contributed by atoms with van der Waals surface area (Å²) >= 11 is 0. The number of aromatic nitrogens is 3. The third-order valence-corrected chi connectivity index (χ3v) is 3.38. The Morgan fingerprint density at radius 2 is 2.26 bits per heavy atom. The number of methoxy groups -OCH3 is 1. The number of aryl methyl sites for hydroxylation is 1. The predicted octanol–water partition coefficient (Wildman–Crippen LogP) is 1.82. The van der Waals surface area contributed by atoms with Crippen LogP contribution in [-0.2, 0) is 13.0 Å². The van der Waals surface area contributed by atoms with Crippen molar-refractivity contribution in [2.24, 2.45) is 0 Å². The van der Waals surface area contributed by atoms with Gasteiger partial charge in [-0.15, -0.1) is 10.2 Å². The second kappa shape index (κ2) is 4.53. The van der Waals surface area contributed by atoms with Crippen LogP contribution in [0.4, 0.5) is 10.1 Å². The molecule has 3 rings (SSSR count). The number of nitrogens with two attached hydrogens (primary N) is 1. The highest BCUT2D eigenvalue weighted by Crippen LogP contribution is 2.29. The first-order valence-corrected chi connectivity index (χ1v) is 6.19. The summed E-state index contributed by atoms with van der Waals surface area (Å²) in [5, 5.41) is 8.26. The van der Waals surface area contributed by atoms with Gasteiger partial charge in [-0.2, -0.15) is 0 Å². The summed E-state index contributed by atoms with van der Waals surface area (Å²) < 4.78 is 20.5. The van der Waals surface area contributed by atoms with Crippen molar-refractivity contribution in [1.82, 2.24) is 14.8 Å². The minimum atomic E-state index is -0.835. The smallest absolute Gasteiger partial charge is 0.164 e. The van der Waals surface area contributed by atoms with Gasteiger partial charge in [-0.3, -0.25) is 0 Å². The van der Waals surface area contributed by atoms with Gasteiger partial charge in [0.2, 0.25) is 0 Å². The van der Waals surface area contributed by atoms with Crippen molar-refractivity contribution in [3.63, 3.8) is 0 Å². The monoisotopic (exact) mass is 262 g/mol. The van der Waals surface area contributed by atoms with Gasteiger partial charge in [-0.25, -0.2) is 4.39 Å². The summed E-state index contributed by atoms with van der Waals surface area (Å²) in [4.78, 5) is 0. The summed E-state index contributed by atoms with van der Waals surface area (Å²) in [5.74, 6) is 2.11. The van der Waals surface area contributed by atoms with E-state index in [-0.39, 0.29) is 0 Å². The average molecular weight is 262 g/mol. The highest BCUT2D eigenvalue weighted by Gasteiger charge is 2.23. The fourth-order valence-corrected chi connectivity index (χ4v) is 2.37. The predicted molar refractivity (Wildman–Crippen MR) is 69.6 cm³/mol. The first-order valence-electron chi connectivity index (χ1n) is 6.19. The van der Waals surface area contributed by atoms with Gasteiger partial charge in [0.1, 0.15) is 17.7 Å². The van der Waals surface area contributed by atoms with Gasteiger partial charge < -0.3 is 15.0 Å². The third kappa shape index (κ3) is 2.03. The van der Waals surface area contributed by atoms with Crippen molar-refractivity contribution in [1.29, 1.82) is 0 Å². The van der Waals surface area contributed by atoms with E-state index in [1.807, 2.05) is 10.6 Å². The first kappa shape index (κ1) is 12.0. The molecule has 0 aliphatic carbocycles. The molecule has 0 saturated heterocycles. The number of benzene rings is 1. The minimum absolute atomic E-state index is 0.309. The van der Waals surface area contributed by atoms with Crippen LogP contribution in [0, 0.1) is 0 Å². The van der Waals surface area contributed by atoms with Gasteiger partial charge in [0.05, 0.1) is 19.3 Å². The molecule has 2 N–H and O–H groups in total. The van der Waals surface area contributed by atoms with E-state index in [0.29, 0.717) is 36.6 Å². The zero-order valence-corrected chi connectivity index (χ0v) is 10.6. The molecule has 2 heterocycles. The third-order valence-electron chi connectivity index (χ3n) is 3.38. The molecule has 1 unspecified atom stereocenters. The fraction of sp³-hybridized carbons (Fsp3) is 0.385. The molecule has 0 radical (unpaired) electrons. The largest absolute Gasteiger partial charge is 0.495 e. The van der Waals surface area contributed by atoms with Gasteiger partial charge in [0, 0.05) is 12.0 Å². The number of hydrogen-bond donors (Lipinski definition) is 1. The minimum Gasteiger partial charge on any atom is -0.495 e. The molecule has 0 fully saturated rings. The molecule has 6 heteroatoms. The van der Waals surface area contributed by atoms with E-state index in [9.17, 15) is 4.39 Å². The Balaban J connectivity index is 2.03. The Bertz CT molecular complexity index is 611. The van der Waals surface area contributed by atoms with E-state index in [1.54, 1.807) is 19.2 Å². The van der Waals surface area contributed by atoms with Crippen LogP contribution >= 0.6 is 0 Å². The molecular formula is C13H15FN4O. The maximum absolute atomic E-state index is 13.5. The Morgan fingerprint density at radius 3 is 3.00 bits per heavy atom. The molecule has 5 nitrogen and oxygen atoms in total. The van der Waals surface area contributed by atoms with Gasteiger partial charge in [-0.05, 0) is 24.6 Å². The summed E-state index contributed by atoms with van der Waals surface area (Å²) in [6.07, 6.45) is 0.306. The van der Waals surface area contributed by atoms with Crippen molar-refractivity contribution in [2.45, 2.75) is 25.6 Å². The number of rotatable bonds is 2. The van der Waals surface area contributed by atoms with E-state index in [0.717, 1.165) is 11.4 Å². The zero-order chi connectivity index (χ0) is 13.4. The molecule has 19 heavy (non-hydrogen) atoms. The number of nitrogen functional groups attached to an aromatic ring is 1. The quantitative estimate of drug-likeness (QED) is 0.838. The Morgan fingerprint density at radius 1 is 1.42 bits per heavy atom. The number of nitrogens with zero attached hydrogens (tertiary/aromatic N) is 3. The van der Waals surface area contributed by atoms with E-state index < -0.39 is 6.17 Å². The van der Waals surface area contributed by atoms with Crippen LogP contribution < -0.4 is 10.5 Å². The van der Waals surface area contributed by atoms with Crippen LogP contribution in [0.2, 0.25) is 0 Å². The molecule has 1 aliphatic rings. The lowest BCUT2D eigenvalue weighted by Gasteiger charge is -2.18. The van der Waals surface area contributed by atoms with Crippen molar-refractivity contribution in [3.8, 4) is 17.1 Å². The number of halogens is 1. The number of fused-ring (bicyclic) bond motifs is 1. The second-order valence-electron chi connectivity index (χ2n) is 4.64. The molecule has 1 atom stereocenters. The van der Waals surface area contributed by atoms with Crippen LogP contribution in [0.1, 0.15) is 12.2 Å². The molecule has 0 amide bonds. The van der Waals surface area contributed by atoms with Gasteiger partial charge >= 0.3 is 0 Å². The molecule has 0 spiro atoms. The normalized spacial score (nSPS) is 18.1. The fourth-order valence-electron chi connectivity index (χ4n) is 2.37. The van der Waals surface area contributed by atoms with Crippen LogP contribution in [0.5, 0.6) is 5.75 Å². The van der Waals surface area contributed by atoms with Crippen molar-refractivity contribution < 1.29 is 9.13 Å². The van der Waals surface area contributed by atoms with Gasteiger partial charge in [0.25, 0.3) is 0 Å². The van der Waals surface area contributed by atoms with Crippen molar-refractivity contribution in [3.05, 3.63) is 24.0 Å². The van der Waals surface area contributed by atoms with E-state index in [4.69, 9.17) is 10.5 Å². The van der Waals surface area contributed by atoms with Crippen LogP contribution in [0.25, 0.3) is 11.4 Å². The second-order valence-corrected chi connectivity index (χ2v) is 4.64. The summed E-state index contributed by atoms with van der Waals surface area (Å²) in [6, 6.07) is 5.41. The molecule has 100 valence electrons. The van der Waals surface area contributed by atoms with Crippen molar-refractivity contribution >= 4 is 5.69 Å². The molecule has 1 aromatic carbocycles. The molecule has 1 aromatic heterocycles. The number of alkyl halides is 1. The highest BCUT2D eigenvalue weighted by molar-refractivity contribution is 5.66. The van der Waals surface area contributed by atoms with Crippen LogP contribution in [0.3, 0.4) is 0 Å². The number of hydrogen-bond acceptors (Lipinski definition) is 4. The van der Waals surface area contributed by atoms with Gasteiger partial charge in [-0.1, -0.05) is 0 Å². The maximum Gasteiger partial charge on any atom is 0.164 e. The molecule has 2 aromatic rings. The van der Waals surface area contributed by atoms with E-state index in [2.05, 4.69) is 10.2 Å². The van der Waals surface area contributed by atoms with Crippen LogP contribution in [0.15, 0.2) is 18.2 Å². The lowest BCUT2D eigenvalue weighted by molar-refractivity contribution is 0.254. The first-order chi connectivity index (χ1) is 9.19.